The number of nitrogens with zero attached hydrogens (tertiary/aromatic N) is 4. The van der Waals surface area contributed by atoms with Crippen LogP contribution in [0.2, 0.25) is 0 Å². The summed E-state index contributed by atoms with van der Waals surface area (Å²) in [7, 11) is 0. The maximum Gasteiger partial charge on any atom is 0.228 e. The number of rotatable bonds is 6. The number of nitrogens with two attached hydrogens (primary N) is 1. The second-order valence-electron chi connectivity index (χ2n) is 11.6. The molecular weight excluding hydrogens is 430 g/mol. The van der Waals surface area contributed by atoms with Gasteiger partial charge in [-0.3, -0.25) is 9.59 Å². The minimum absolute atomic E-state index is 0.109. The zero-order chi connectivity index (χ0) is 23.7. The van der Waals surface area contributed by atoms with Crippen LogP contribution < -0.4 is 10.5 Å². The number of carbonyl (C=O) groups is 2. The lowest BCUT2D eigenvalue weighted by molar-refractivity contribution is -0.159. The number of amides is 2. The molecule has 1 aromatic carbocycles. The minimum atomic E-state index is -0.475. The zero-order valence-corrected chi connectivity index (χ0v) is 19.9. The number of aromatic nitrogens is 3. The molecule has 0 radical (unpaired) electrons. The molecule has 34 heavy (non-hydrogen) atoms. The summed E-state index contributed by atoms with van der Waals surface area (Å²) in [5, 5.41) is 4.15. The summed E-state index contributed by atoms with van der Waals surface area (Å²) in [5.74, 6) is 2.37. The summed E-state index contributed by atoms with van der Waals surface area (Å²) in [6.45, 7) is 5.32. The van der Waals surface area contributed by atoms with Gasteiger partial charge in [0.05, 0.1) is 17.7 Å². The summed E-state index contributed by atoms with van der Waals surface area (Å²) in [5.41, 5.74) is 5.99. The number of hydrogen-bond acceptors (Lipinski definition) is 5. The highest BCUT2D eigenvalue weighted by Gasteiger charge is 2.61. The van der Waals surface area contributed by atoms with Crippen molar-refractivity contribution in [1.82, 2.24) is 19.7 Å². The Balaban J connectivity index is 1.15. The van der Waals surface area contributed by atoms with E-state index in [9.17, 15) is 9.59 Å². The summed E-state index contributed by atoms with van der Waals surface area (Å²) in [6.07, 6.45) is 8.07. The van der Waals surface area contributed by atoms with Gasteiger partial charge in [0.1, 0.15) is 18.4 Å². The molecule has 3 unspecified atom stereocenters. The first-order valence-electron chi connectivity index (χ1n) is 12.5. The average molecular weight is 464 g/mol. The molecule has 8 heteroatoms. The number of benzene rings is 1. The predicted octanol–water partition coefficient (Wildman–Crippen LogP) is 2.81. The fourth-order valence-electron chi connectivity index (χ4n) is 7.65. The number of likely N-dealkylation sites (tertiary alicyclic amines) is 1. The van der Waals surface area contributed by atoms with E-state index in [-0.39, 0.29) is 29.2 Å². The van der Waals surface area contributed by atoms with Crippen LogP contribution in [0.5, 0.6) is 5.75 Å². The summed E-state index contributed by atoms with van der Waals surface area (Å²) in [4.78, 5) is 32.1. The molecular formula is C26H33N5O3. The molecule has 3 atom stereocenters. The van der Waals surface area contributed by atoms with Crippen LogP contribution >= 0.6 is 0 Å². The van der Waals surface area contributed by atoms with Gasteiger partial charge in [-0.05, 0) is 74.1 Å². The van der Waals surface area contributed by atoms with Crippen molar-refractivity contribution in [1.29, 1.82) is 0 Å². The summed E-state index contributed by atoms with van der Waals surface area (Å²) < 4.78 is 7.86. The highest BCUT2D eigenvalue weighted by atomic mass is 16.5. The molecule has 2 N–H and O–H groups in total. The van der Waals surface area contributed by atoms with E-state index in [2.05, 4.69) is 28.8 Å². The Hall–Kier alpha value is -2.90. The van der Waals surface area contributed by atoms with E-state index in [0.29, 0.717) is 24.4 Å². The van der Waals surface area contributed by atoms with Crippen molar-refractivity contribution < 1.29 is 14.3 Å². The molecule has 5 aliphatic rings. The normalized spacial score (nSPS) is 35.6. The molecule has 8 nitrogen and oxygen atoms in total. The fraction of sp³-hybridized carbons (Fsp3) is 0.615. The molecule has 5 fully saturated rings. The van der Waals surface area contributed by atoms with E-state index in [1.54, 1.807) is 11.0 Å². The lowest BCUT2D eigenvalue weighted by Crippen LogP contribution is -2.62. The highest BCUT2D eigenvalue weighted by Crippen LogP contribution is 2.61. The Morgan fingerprint density at radius 2 is 1.85 bits per heavy atom. The van der Waals surface area contributed by atoms with Crippen LogP contribution in [-0.4, -0.2) is 50.7 Å². The van der Waals surface area contributed by atoms with Crippen molar-refractivity contribution in [2.24, 2.45) is 40.2 Å². The number of primary amides is 1. The average Bonchev–Trinajstić information content (AvgIpc) is 3.41. The second kappa shape index (κ2) is 7.55. The number of ether oxygens (including phenoxy) is 1. The van der Waals surface area contributed by atoms with Crippen molar-refractivity contribution in [3.8, 4) is 11.4 Å². The van der Waals surface area contributed by atoms with Crippen molar-refractivity contribution in [2.45, 2.75) is 52.0 Å². The van der Waals surface area contributed by atoms with E-state index in [1.165, 1.54) is 6.33 Å². The molecule has 4 aliphatic carbocycles. The fourth-order valence-corrected chi connectivity index (χ4v) is 7.65. The van der Waals surface area contributed by atoms with Crippen molar-refractivity contribution in [3.05, 3.63) is 36.9 Å². The van der Waals surface area contributed by atoms with Gasteiger partial charge < -0.3 is 15.4 Å². The largest absolute Gasteiger partial charge is 0.493 e. The highest BCUT2D eigenvalue weighted by molar-refractivity contribution is 5.85. The second-order valence-corrected chi connectivity index (χ2v) is 11.6. The SMILES string of the molecule is CC1(C)C(=O)N(C2C3CC4CC2CC(C(N)=O)(C4)C3)CC1COc1ccc(-n2cncn2)cc1. The van der Waals surface area contributed by atoms with Gasteiger partial charge in [0, 0.05) is 23.9 Å². The van der Waals surface area contributed by atoms with Gasteiger partial charge in [0.25, 0.3) is 0 Å². The third-order valence-electron chi connectivity index (χ3n) is 9.33. The van der Waals surface area contributed by atoms with Gasteiger partial charge in [0.2, 0.25) is 11.8 Å². The van der Waals surface area contributed by atoms with Gasteiger partial charge in [-0.15, -0.1) is 0 Å². The molecule has 1 aromatic heterocycles. The third-order valence-corrected chi connectivity index (χ3v) is 9.33. The predicted molar refractivity (Wildman–Crippen MR) is 125 cm³/mol. The van der Waals surface area contributed by atoms with E-state index < -0.39 is 5.41 Å². The van der Waals surface area contributed by atoms with Crippen LogP contribution in [0.3, 0.4) is 0 Å². The standard InChI is InChI=1S/C26H33N5O3/c1-25(2)19(13-34-21-5-3-20(4-6-21)31-15-28-14-29-31)12-30(24(25)33)22-17-7-16-8-18(22)11-26(9-16,10-17)23(27)32/h3-6,14-19,22H,7-13H2,1-2H3,(H2,27,32). The van der Waals surface area contributed by atoms with Gasteiger partial charge in [-0.25, -0.2) is 9.67 Å². The molecule has 180 valence electrons. The number of hydrogen-bond donors (Lipinski definition) is 1. The van der Waals surface area contributed by atoms with Crippen LogP contribution in [0.4, 0.5) is 0 Å². The maximum absolute atomic E-state index is 13.6. The van der Waals surface area contributed by atoms with Crippen LogP contribution in [0, 0.1) is 34.5 Å². The van der Waals surface area contributed by atoms with Crippen LogP contribution in [0.15, 0.2) is 36.9 Å². The smallest absolute Gasteiger partial charge is 0.228 e. The van der Waals surface area contributed by atoms with E-state index in [0.717, 1.165) is 50.1 Å². The Morgan fingerprint density at radius 3 is 2.47 bits per heavy atom. The minimum Gasteiger partial charge on any atom is -0.493 e. The van der Waals surface area contributed by atoms with E-state index in [1.807, 2.05) is 24.3 Å². The molecule has 2 heterocycles. The lowest BCUT2D eigenvalue weighted by Gasteiger charge is -2.60. The first kappa shape index (κ1) is 21.6. The number of carbonyl (C=O) groups excluding carboxylic acids is 2. The summed E-state index contributed by atoms with van der Waals surface area (Å²) >= 11 is 0. The molecule has 4 saturated carbocycles. The zero-order valence-electron chi connectivity index (χ0n) is 19.9. The Bertz CT molecular complexity index is 1080. The van der Waals surface area contributed by atoms with Crippen molar-refractivity contribution >= 4 is 11.8 Å². The molecule has 1 aliphatic heterocycles. The van der Waals surface area contributed by atoms with Gasteiger partial charge in [-0.2, -0.15) is 5.10 Å². The molecule has 0 spiro atoms. The van der Waals surface area contributed by atoms with Crippen molar-refractivity contribution in [3.63, 3.8) is 0 Å². The monoisotopic (exact) mass is 463 g/mol. The quantitative estimate of drug-likeness (QED) is 0.710. The Morgan fingerprint density at radius 1 is 1.15 bits per heavy atom. The van der Waals surface area contributed by atoms with Crippen LogP contribution in [0.1, 0.15) is 46.0 Å². The molecule has 2 amide bonds. The maximum atomic E-state index is 13.6. The Kier molecular flexibility index (Phi) is 4.80. The van der Waals surface area contributed by atoms with Gasteiger partial charge >= 0.3 is 0 Å². The molecule has 4 bridgehead atoms. The van der Waals surface area contributed by atoms with Gasteiger partial charge in [0.15, 0.2) is 0 Å². The first-order chi connectivity index (χ1) is 16.3. The third kappa shape index (κ3) is 3.25. The summed E-state index contributed by atoms with van der Waals surface area (Å²) in [6, 6.07) is 8.00. The van der Waals surface area contributed by atoms with Crippen LogP contribution in [0.25, 0.3) is 5.69 Å². The molecule has 1 saturated heterocycles. The van der Waals surface area contributed by atoms with Gasteiger partial charge in [-0.1, -0.05) is 13.8 Å². The van der Waals surface area contributed by atoms with Crippen molar-refractivity contribution in [2.75, 3.05) is 13.2 Å². The van der Waals surface area contributed by atoms with Crippen LogP contribution in [-0.2, 0) is 9.59 Å². The molecule has 2 aromatic rings. The van der Waals surface area contributed by atoms with E-state index >= 15 is 0 Å². The first-order valence-corrected chi connectivity index (χ1v) is 12.5. The topological polar surface area (TPSA) is 103 Å². The Labute approximate surface area is 199 Å². The van der Waals surface area contributed by atoms with E-state index in [4.69, 9.17) is 10.5 Å². The lowest BCUT2D eigenvalue weighted by atomic mass is 9.47. The molecule has 7 rings (SSSR count).